The number of hydrogen-bond acceptors (Lipinski definition) is 4. The van der Waals surface area contributed by atoms with Crippen LogP contribution in [0.5, 0.6) is 0 Å². The van der Waals surface area contributed by atoms with E-state index in [1.807, 2.05) is 0 Å². The van der Waals surface area contributed by atoms with Crippen molar-refractivity contribution in [2.45, 2.75) is 0 Å². The van der Waals surface area contributed by atoms with Gasteiger partial charge in [-0.25, -0.2) is 9.97 Å². The van der Waals surface area contributed by atoms with Crippen molar-refractivity contribution in [3.63, 3.8) is 0 Å². The second-order valence-corrected chi connectivity index (χ2v) is 1.36. The molecule has 0 bridgehead atoms. The van der Waals surface area contributed by atoms with Gasteiger partial charge in [0, 0.05) is 0 Å². The summed E-state index contributed by atoms with van der Waals surface area (Å²) in [7, 11) is 0. The van der Waals surface area contributed by atoms with E-state index in [1.54, 1.807) is 0 Å². The van der Waals surface area contributed by atoms with Gasteiger partial charge in [-0.2, -0.15) is 0 Å². The zero-order chi connectivity index (χ0) is 5.98. The van der Waals surface area contributed by atoms with Gasteiger partial charge in [0.05, 0.1) is 11.9 Å². The Bertz CT molecular complexity index is 169. The molecule has 0 aliphatic rings. The summed E-state index contributed by atoms with van der Waals surface area (Å²) in [5, 5.41) is 0. The molecule has 50 valence electrons. The standard InChI is InChI=1S/C4H6N4.ClH/c5-3-1-7-2-8-4(3)6;/h1-2H,5H2,(H2,6,7,8);1H. The lowest BCUT2D eigenvalue weighted by Crippen LogP contribution is -1.97. The Morgan fingerprint density at radius 3 is 2.33 bits per heavy atom. The highest BCUT2D eigenvalue weighted by molar-refractivity contribution is 5.85. The van der Waals surface area contributed by atoms with Crippen molar-refractivity contribution in [2.75, 3.05) is 11.5 Å². The Hall–Kier alpha value is -1.03. The maximum absolute atomic E-state index is 5.27. The molecule has 4 nitrogen and oxygen atoms in total. The fourth-order valence-corrected chi connectivity index (χ4v) is 0.350. The van der Waals surface area contributed by atoms with Gasteiger partial charge >= 0.3 is 0 Å². The molecule has 0 spiro atoms. The average Bonchev–Trinajstić information content (AvgIpc) is 1.77. The number of rotatable bonds is 0. The third kappa shape index (κ3) is 1.73. The van der Waals surface area contributed by atoms with Crippen molar-refractivity contribution in [1.82, 2.24) is 9.97 Å². The molecule has 5 heteroatoms. The summed E-state index contributed by atoms with van der Waals surface area (Å²) in [6.07, 6.45) is 2.81. The molecule has 1 aromatic heterocycles. The quantitative estimate of drug-likeness (QED) is 0.543. The van der Waals surface area contributed by atoms with E-state index < -0.39 is 0 Å². The molecule has 0 amide bonds. The lowest BCUT2D eigenvalue weighted by atomic mass is 10.5. The Kier molecular flexibility index (Phi) is 2.73. The first-order valence-corrected chi connectivity index (χ1v) is 2.11. The van der Waals surface area contributed by atoms with Crippen molar-refractivity contribution in [2.24, 2.45) is 0 Å². The fourth-order valence-electron chi connectivity index (χ4n) is 0.350. The second-order valence-electron chi connectivity index (χ2n) is 1.36. The van der Waals surface area contributed by atoms with Gasteiger partial charge in [-0.1, -0.05) is 0 Å². The SMILES string of the molecule is Cl.Nc1cncnc1N. The molecule has 0 aromatic carbocycles. The normalized spacial score (nSPS) is 8.00. The highest BCUT2D eigenvalue weighted by Crippen LogP contribution is 2.03. The highest BCUT2D eigenvalue weighted by Gasteiger charge is 1.88. The lowest BCUT2D eigenvalue weighted by molar-refractivity contribution is 1.18. The Balaban J connectivity index is 0.000000640. The van der Waals surface area contributed by atoms with E-state index >= 15 is 0 Å². The summed E-state index contributed by atoms with van der Waals surface area (Å²) in [6.45, 7) is 0. The fraction of sp³-hybridized carbons (Fsp3) is 0. The molecule has 0 aliphatic carbocycles. The number of anilines is 2. The second kappa shape index (κ2) is 3.09. The predicted molar refractivity (Wildman–Crippen MR) is 38.1 cm³/mol. The van der Waals surface area contributed by atoms with E-state index in [0.717, 1.165) is 0 Å². The largest absolute Gasteiger partial charge is 0.394 e. The van der Waals surface area contributed by atoms with Crippen molar-refractivity contribution in [3.05, 3.63) is 12.5 Å². The van der Waals surface area contributed by atoms with E-state index in [2.05, 4.69) is 9.97 Å². The molecule has 1 rings (SSSR count). The van der Waals surface area contributed by atoms with Crippen molar-refractivity contribution in [3.8, 4) is 0 Å². The van der Waals surface area contributed by atoms with Crippen LogP contribution in [0.4, 0.5) is 11.5 Å². The van der Waals surface area contributed by atoms with E-state index in [-0.39, 0.29) is 12.4 Å². The molecule has 0 aliphatic heterocycles. The molecule has 0 unspecified atom stereocenters. The highest BCUT2D eigenvalue weighted by atomic mass is 35.5. The minimum absolute atomic E-state index is 0. The first-order valence-electron chi connectivity index (χ1n) is 2.11. The van der Waals surface area contributed by atoms with Crippen LogP contribution in [-0.4, -0.2) is 9.97 Å². The summed E-state index contributed by atoms with van der Waals surface area (Å²) in [5.41, 5.74) is 10.9. The van der Waals surface area contributed by atoms with Gasteiger partial charge in [0.2, 0.25) is 0 Å². The van der Waals surface area contributed by atoms with Crippen LogP contribution < -0.4 is 11.5 Å². The zero-order valence-electron chi connectivity index (χ0n) is 4.61. The number of nitrogens with two attached hydrogens (primary N) is 2. The van der Waals surface area contributed by atoms with E-state index in [1.165, 1.54) is 12.5 Å². The van der Waals surface area contributed by atoms with E-state index in [9.17, 15) is 0 Å². The van der Waals surface area contributed by atoms with Crippen LogP contribution in [0.2, 0.25) is 0 Å². The summed E-state index contributed by atoms with van der Waals surface area (Å²) in [5.74, 6) is 0.333. The first kappa shape index (κ1) is 7.97. The van der Waals surface area contributed by atoms with Gasteiger partial charge in [0.15, 0.2) is 0 Å². The molecule has 0 fully saturated rings. The monoisotopic (exact) mass is 146 g/mol. The average molecular weight is 147 g/mol. The first-order chi connectivity index (χ1) is 3.80. The van der Waals surface area contributed by atoms with Crippen LogP contribution in [0, 0.1) is 0 Å². The van der Waals surface area contributed by atoms with Crippen molar-refractivity contribution >= 4 is 23.9 Å². The number of nitrogen functional groups attached to an aromatic ring is 2. The third-order valence-electron chi connectivity index (χ3n) is 0.773. The Labute approximate surface area is 58.7 Å². The lowest BCUT2D eigenvalue weighted by Gasteiger charge is -1.91. The smallest absolute Gasteiger partial charge is 0.150 e. The molecule has 4 N–H and O–H groups in total. The number of nitrogens with zero attached hydrogens (tertiary/aromatic N) is 2. The van der Waals surface area contributed by atoms with Gasteiger partial charge in [-0.15, -0.1) is 12.4 Å². The van der Waals surface area contributed by atoms with Crippen LogP contribution >= 0.6 is 12.4 Å². The number of halogens is 1. The molecular formula is C4H7ClN4. The molecule has 0 radical (unpaired) electrons. The molecule has 9 heavy (non-hydrogen) atoms. The number of aromatic nitrogens is 2. The maximum atomic E-state index is 5.27. The maximum Gasteiger partial charge on any atom is 0.150 e. The van der Waals surface area contributed by atoms with Gasteiger partial charge in [0.1, 0.15) is 12.1 Å². The molecular weight excluding hydrogens is 140 g/mol. The van der Waals surface area contributed by atoms with Gasteiger partial charge in [0.25, 0.3) is 0 Å². The number of hydrogen-bond donors (Lipinski definition) is 2. The predicted octanol–water partition coefficient (Wildman–Crippen LogP) is 0.0628. The molecule has 1 heterocycles. The Morgan fingerprint density at radius 2 is 2.00 bits per heavy atom. The Morgan fingerprint density at radius 1 is 1.33 bits per heavy atom. The molecule has 0 saturated carbocycles. The van der Waals surface area contributed by atoms with Gasteiger partial charge in [-0.05, 0) is 0 Å². The summed E-state index contributed by atoms with van der Waals surface area (Å²) >= 11 is 0. The molecule has 1 aromatic rings. The van der Waals surface area contributed by atoms with Crippen LogP contribution in [0.1, 0.15) is 0 Å². The minimum Gasteiger partial charge on any atom is -0.394 e. The summed E-state index contributed by atoms with van der Waals surface area (Å²) in [6, 6.07) is 0. The topological polar surface area (TPSA) is 77.8 Å². The molecule has 0 saturated heterocycles. The van der Waals surface area contributed by atoms with E-state index in [4.69, 9.17) is 11.5 Å². The minimum atomic E-state index is 0. The van der Waals surface area contributed by atoms with Gasteiger partial charge < -0.3 is 11.5 Å². The van der Waals surface area contributed by atoms with Crippen molar-refractivity contribution < 1.29 is 0 Å². The van der Waals surface area contributed by atoms with Gasteiger partial charge in [-0.3, -0.25) is 0 Å². The molecule has 0 atom stereocenters. The van der Waals surface area contributed by atoms with Crippen molar-refractivity contribution in [1.29, 1.82) is 0 Å². The van der Waals surface area contributed by atoms with Crippen LogP contribution in [-0.2, 0) is 0 Å². The summed E-state index contributed by atoms with van der Waals surface area (Å²) < 4.78 is 0. The zero-order valence-corrected chi connectivity index (χ0v) is 5.43. The van der Waals surface area contributed by atoms with Crippen LogP contribution in [0.3, 0.4) is 0 Å². The van der Waals surface area contributed by atoms with E-state index in [0.29, 0.717) is 11.5 Å². The summed E-state index contributed by atoms with van der Waals surface area (Å²) in [4.78, 5) is 7.25. The van der Waals surface area contributed by atoms with Crippen LogP contribution in [0.25, 0.3) is 0 Å². The third-order valence-corrected chi connectivity index (χ3v) is 0.773. The van der Waals surface area contributed by atoms with Crippen LogP contribution in [0.15, 0.2) is 12.5 Å².